The molecule has 1 aromatic heterocycles. The van der Waals surface area contributed by atoms with E-state index in [1.807, 2.05) is 24.3 Å². The van der Waals surface area contributed by atoms with Crippen molar-refractivity contribution in [2.24, 2.45) is 0 Å². The number of nitrogens with one attached hydrogen (secondary N) is 1. The number of amides is 1. The fraction of sp³-hybridized carbons (Fsp3) is 0.438. The summed E-state index contributed by atoms with van der Waals surface area (Å²) in [4.78, 5) is 12.0. The van der Waals surface area contributed by atoms with E-state index in [4.69, 9.17) is 4.74 Å². The maximum Gasteiger partial charge on any atom is 0.230 e. The number of carbonyl (C=O) groups excluding carboxylic acids is 1. The molecule has 0 spiro atoms. The van der Waals surface area contributed by atoms with Gasteiger partial charge in [0.1, 0.15) is 10.8 Å². The van der Waals surface area contributed by atoms with Gasteiger partial charge in [0.05, 0.1) is 13.5 Å². The van der Waals surface area contributed by atoms with Gasteiger partial charge in [-0.3, -0.25) is 4.79 Å². The van der Waals surface area contributed by atoms with Crippen molar-refractivity contribution in [3.05, 3.63) is 34.8 Å². The SMILES string of the molecule is CCCCCc1nnc(NC(=O)Cc2ccc(OC)cc2)s1. The number of rotatable bonds is 8. The Morgan fingerprint density at radius 2 is 2.00 bits per heavy atom. The Balaban J connectivity index is 1.83. The zero-order valence-electron chi connectivity index (χ0n) is 13.0. The lowest BCUT2D eigenvalue weighted by Crippen LogP contribution is -2.14. The molecule has 0 aliphatic rings. The molecule has 1 amide bonds. The molecule has 0 unspecified atom stereocenters. The number of unbranched alkanes of at least 4 members (excludes halogenated alkanes) is 2. The van der Waals surface area contributed by atoms with Crippen LogP contribution >= 0.6 is 11.3 Å². The second kappa shape index (κ2) is 8.48. The summed E-state index contributed by atoms with van der Waals surface area (Å²) < 4.78 is 5.10. The quantitative estimate of drug-likeness (QED) is 0.757. The topological polar surface area (TPSA) is 64.1 Å². The Morgan fingerprint density at radius 1 is 1.23 bits per heavy atom. The molecular weight excluding hydrogens is 298 g/mol. The molecule has 6 heteroatoms. The number of nitrogens with zero attached hydrogens (tertiary/aromatic N) is 2. The molecule has 0 saturated heterocycles. The molecule has 2 rings (SSSR count). The minimum absolute atomic E-state index is 0.0820. The van der Waals surface area contributed by atoms with Crippen LogP contribution in [0.2, 0.25) is 0 Å². The number of benzene rings is 1. The summed E-state index contributed by atoms with van der Waals surface area (Å²) in [5.41, 5.74) is 0.936. The minimum atomic E-state index is -0.0820. The van der Waals surface area contributed by atoms with Crippen molar-refractivity contribution < 1.29 is 9.53 Å². The summed E-state index contributed by atoms with van der Waals surface area (Å²) in [6, 6.07) is 7.46. The zero-order chi connectivity index (χ0) is 15.8. The first-order chi connectivity index (χ1) is 10.7. The van der Waals surface area contributed by atoms with E-state index in [2.05, 4.69) is 22.4 Å². The van der Waals surface area contributed by atoms with Gasteiger partial charge in [0.2, 0.25) is 11.0 Å². The van der Waals surface area contributed by atoms with E-state index in [0.29, 0.717) is 11.6 Å². The standard InChI is InChI=1S/C16H21N3O2S/c1-3-4-5-6-15-18-19-16(22-15)17-14(20)11-12-7-9-13(21-2)10-8-12/h7-10H,3-6,11H2,1-2H3,(H,17,19,20). The lowest BCUT2D eigenvalue weighted by molar-refractivity contribution is -0.115. The van der Waals surface area contributed by atoms with Crippen molar-refractivity contribution in [3.8, 4) is 5.75 Å². The number of carbonyl (C=O) groups is 1. The summed E-state index contributed by atoms with van der Waals surface area (Å²) in [6.07, 6.45) is 4.74. The molecular formula is C16H21N3O2S. The van der Waals surface area contributed by atoms with Gasteiger partial charge in [-0.05, 0) is 24.1 Å². The van der Waals surface area contributed by atoms with Gasteiger partial charge >= 0.3 is 0 Å². The number of hydrogen-bond donors (Lipinski definition) is 1. The third kappa shape index (κ3) is 5.11. The van der Waals surface area contributed by atoms with Gasteiger partial charge in [-0.1, -0.05) is 43.2 Å². The second-order valence-electron chi connectivity index (χ2n) is 5.03. The summed E-state index contributed by atoms with van der Waals surface area (Å²) in [6.45, 7) is 2.17. The average molecular weight is 319 g/mol. The van der Waals surface area contributed by atoms with Crippen molar-refractivity contribution >= 4 is 22.4 Å². The zero-order valence-corrected chi connectivity index (χ0v) is 13.8. The van der Waals surface area contributed by atoms with E-state index in [1.54, 1.807) is 7.11 Å². The van der Waals surface area contributed by atoms with Gasteiger partial charge < -0.3 is 10.1 Å². The first kappa shape index (κ1) is 16.4. The van der Waals surface area contributed by atoms with Crippen LogP contribution in [0.3, 0.4) is 0 Å². The van der Waals surface area contributed by atoms with Gasteiger partial charge in [0.25, 0.3) is 0 Å². The fourth-order valence-electron chi connectivity index (χ4n) is 2.02. The first-order valence-corrected chi connectivity index (χ1v) is 8.28. The van der Waals surface area contributed by atoms with Crippen molar-refractivity contribution in [1.29, 1.82) is 0 Å². The molecule has 0 aliphatic carbocycles. The van der Waals surface area contributed by atoms with Crippen LogP contribution in [-0.2, 0) is 17.6 Å². The van der Waals surface area contributed by atoms with Gasteiger partial charge in [-0.15, -0.1) is 10.2 Å². The molecule has 0 radical (unpaired) electrons. The molecule has 5 nitrogen and oxygen atoms in total. The molecule has 0 bridgehead atoms. The third-order valence-electron chi connectivity index (χ3n) is 3.23. The molecule has 1 aromatic carbocycles. The van der Waals surface area contributed by atoms with Crippen molar-refractivity contribution in [3.63, 3.8) is 0 Å². The lowest BCUT2D eigenvalue weighted by Gasteiger charge is -2.03. The van der Waals surface area contributed by atoms with Crippen LogP contribution < -0.4 is 10.1 Å². The summed E-state index contributed by atoms with van der Waals surface area (Å²) in [7, 11) is 1.62. The second-order valence-corrected chi connectivity index (χ2v) is 6.09. The van der Waals surface area contributed by atoms with Gasteiger partial charge in [-0.2, -0.15) is 0 Å². The molecule has 0 fully saturated rings. The molecule has 2 aromatic rings. The van der Waals surface area contributed by atoms with Crippen LogP contribution in [0.15, 0.2) is 24.3 Å². The highest BCUT2D eigenvalue weighted by atomic mass is 32.1. The molecule has 0 saturated carbocycles. The normalized spacial score (nSPS) is 10.5. The van der Waals surface area contributed by atoms with E-state index in [-0.39, 0.29) is 5.91 Å². The minimum Gasteiger partial charge on any atom is -0.497 e. The summed E-state index contributed by atoms with van der Waals surface area (Å²) in [5, 5.41) is 12.5. The first-order valence-electron chi connectivity index (χ1n) is 7.46. The molecule has 1 N–H and O–H groups in total. The van der Waals surface area contributed by atoms with Crippen LogP contribution in [0.1, 0.15) is 36.8 Å². The van der Waals surface area contributed by atoms with Crippen LogP contribution in [-0.4, -0.2) is 23.2 Å². The largest absolute Gasteiger partial charge is 0.497 e. The average Bonchev–Trinajstić information content (AvgIpc) is 2.95. The van der Waals surface area contributed by atoms with Crippen LogP contribution in [0.5, 0.6) is 5.75 Å². The number of aromatic nitrogens is 2. The Labute approximate surface area is 134 Å². The van der Waals surface area contributed by atoms with Crippen molar-refractivity contribution in [1.82, 2.24) is 10.2 Å². The Hall–Kier alpha value is -1.95. The molecule has 118 valence electrons. The number of hydrogen-bond acceptors (Lipinski definition) is 5. The van der Waals surface area contributed by atoms with Gasteiger partial charge in [0, 0.05) is 6.42 Å². The highest BCUT2D eigenvalue weighted by Gasteiger charge is 2.09. The predicted molar refractivity (Wildman–Crippen MR) is 88.5 cm³/mol. The maximum absolute atomic E-state index is 12.0. The monoisotopic (exact) mass is 319 g/mol. The lowest BCUT2D eigenvalue weighted by atomic mass is 10.1. The van der Waals surface area contributed by atoms with Gasteiger partial charge in [-0.25, -0.2) is 0 Å². The van der Waals surface area contributed by atoms with Crippen LogP contribution in [0.4, 0.5) is 5.13 Å². The van der Waals surface area contributed by atoms with Crippen LogP contribution in [0, 0.1) is 0 Å². The summed E-state index contributed by atoms with van der Waals surface area (Å²) >= 11 is 1.45. The van der Waals surface area contributed by atoms with E-state index in [1.165, 1.54) is 24.2 Å². The van der Waals surface area contributed by atoms with Crippen molar-refractivity contribution in [2.75, 3.05) is 12.4 Å². The molecule has 0 aliphatic heterocycles. The molecule has 22 heavy (non-hydrogen) atoms. The highest BCUT2D eigenvalue weighted by molar-refractivity contribution is 7.15. The molecule has 1 heterocycles. The Morgan fingerprint density at radius 3 is 2.68 bits per heavy atom. The third-order valence-corrected chi connectivity index (χ3v) is 4.13. The smallest absolute Gasteiger partial charge is 0.230 e. The van der Waals surface area contributed by atoms with Crippen molar-refractivity contribution in [2.45, 2.75) is 39.0 Å². The number of anilines is 1. The van der Waals surface area contributed by atoms with E-state index < -0.39 is 0 Å². The van der Waals surface area contributed by atoms with Crippen LogP contribution in [0.25, 0.3) is 0 Å². The van der Waals surface area contributed by atoms with E-state index in [0.717, 1.165) is 29.2 Å². The predicted octanol–water partition coefficient (Wildman–Crippen LogP) is 3.46. The highest BCUT2D eigenvalue weighted by Crippen LogP contribution is 2.18. The van der Waals surface area contributed by atoms with E-state index >= 15 is 0 Å². The Kier molecular flexibility index (Phi) is 6.33. The Bertz CT molecular complexity index is 596. The van der Waals surface area contributed by atoms with Gasteiger partial charge in [0.15, 0.2) is 0 Å². The fourth-order valence-corrected chi connectivity index (χ4v) is 2.82. The number of ether oxygens (including phenoxy) is 1. The maximum atomic E-state index is 12.0. The number of aryl methyl sites for hydroxylation is 1. The molecule has 0 atom stereocenters. The summed E-state index contributed by atoms with van der Waals surface area (Å²) in [5.74, 6) is 0.700. The van der Waals surface area contributed by atoms with E-state index in [9.17, 15) is 4.79 Å². The number of methoxy groups -OCH3 is 1.